The molecule has 1 aliphatic rings. The van der Waals surface area contributed by atoms with Crippen LogP contribution in [0.5, 0.6) is 0 Å². The van der Waals surface area contributed by atoms with Gasteiger partial charge < -0.3 is 10.1 Å². The van der Waals surface area contributed by atoms with Gasteiger partial charge in [-0.1, -0.05) is 93.7 Å². The van der Waals surface area contributed by atoms with E-state index in [4.69, 9.17) is 62.7 Å². The van der Waals surface area contributed by atoms with Crippen molar-refractivity contribution in [2.75, 3.05) is 11.9 Å². The quantitative estimate of drug-likeness (QED) is 0.144. The second kappa shape index (κ2) is 11.7. The summed E-state index contributed by atoms with van der Waals surface area (Å²) in [7, 11) is 0. The van der Waals surface area contributed by atoms with Gasteiger partial charge in [0.05, 0.1) is 41.9 Å². The summed E-state index contributed by atoms with van der Waals surface area (Å²) in [4.78, 5) is 52.3. The Bertz CT molecular complexity index is 1190. The van der Waals surface area contributed by atoms with E-state index in [-0.39, 0.29) is 42.7 Å². The van der Waals surface area contributed by atoms with Gasteiger partial charge in [-0.05, 0) is 24.6 Å². The van der Waals surface area contributed by atoms with Crippen LogP contribution in [-0.2, 0) is 14.3 Å². The fourth-order valence-electron chi connectivity index (χ4n) is 3.41. The zero-order valence-corrected chi connectivity index (χ0v) is 23.3. The van der Waals surface area contributed by atoms with E-state index >= 15 is 0 Å². The van der Waals surface area contributed by atoms with Gasteiger partial charge in [-0.3, -0.25) is 19.3 Å². The lowest BCUT2D eigenvalue weighted by Gasteiger charge is -2.24. The minimum Gasteiger partial charge on any atom is -0.454 e. The van der Waals surface area contributed by atoms with E-state index < -0.39 is 36.3 Å². The number of carbonyl (C=O) groups is 4. The summed E-state index contributed by atoms with van der Waals surface area (Å²) < 4.78 is 5.86. The Hall–Kier alpha value is -1.55. The van der Waals surface area contributed by atoms with Crippen molar-refractivity contribution in [3.63, 3.8) is 0 Å². The minimum atomic E-state index is -1.32. The molecule has 2 aromatic carbocycles. The molecular formula is C22H16BrCl5N2O5. The summed E-state index contributed by atoms with van der Waals surface area (Å²) in [6.07, 6.45) is 1.24. The number of esters is 1. The highest BCUT2D eigenvalue weighted by Gasteiger charge is 2.47. The van der Waals surface area contributed by atoms with Crippen molar-refractivity contribution in [3.05, 3.63) is 58.9 Å². The number of nitrogens with one attached hydrogen (secondary N) is 1. The first-order chi connectivity index (χ1) is 16.5. The SMILES string of the molecule is CCCC[C@H](C(=O)OCC(=O)Nc1ccc(Br)cc1Cl)N1C(=O)c2c(Cl)c(Cl)c(Cl)c(Cl)c2C1=O. The van der Waals surface area contributed by atoms with Crippen molar-refractivity contribution in [3.8, 4) is 0 Å². The zero-order valence-electron chi connectivity index (χ0n) is 17.9. The van der Waals surface area contributed by atoms with Gasteiger partial charge in [0.25, 0.3) is 17.7 Å². The van der Waals surface area contributed by atoms with Gasteiger partial charge in [0.2, 0.25) is 0 Å². The van der Waals surface area contributed by atoms with Crippen molar-refractivity contribution in [1.82, 2.24) is 4.90 Å². The molecule has 3 rings (SSSR count). The Morgan fingerprint density at radius 2 is 1.57 bits per heavy atom. The van der Waals surface area contributed by atoms with E-state index in [0.29, 0.717) is 18.5 Å². The highest BCUT2D eigenvalue weighted by Crippen LogP contribution is 2.45. The fourth-order valence-corrected chi connectivity index (χ4v) is 5.14. The first-order valence-corrected chi connectivity index (χ1v) is 12.8. The van der Waals surface area contributed by atoms with Crippen LogP contribution < -0.4 is 5.32 Å². The normalized spacial score (nSPS) is 13.6. The number of fused-ring (bicyclic) bond motifs is 1. The van der Waals surface area contributed by atoms with E-state index in [1.807, 2.05) is 6.92 Å². The van der Waals surface area contributed by atoms with Crippen LogP contribution in [0.3, 0.4) is 0 Å². The van der Waals surface area contributed by atoms with Crippen LogP contribution in [0.2, 0.25) is 25.1 Å². The predicted molar refractivity (Wildman–Crippen MR) is 139 cm³/mol. The Kier molecular flexibility index (Phi) is 9.34. The summed E-state index contributed by atoms with van der Waals surface area (Å²) in [5.74, 6) is -3.34. The van der Waals surface area contributed by atoms with Gasteiger partial charge in [-0.15, -0.1) is 0 Å². The molecule has 1 N–H and O–H groups in total. The van der Waals surface area contributed by atoms with Gasteiger partial charge >= 0.3 is 5.97 Å². The topological polar surface area (TPSA) is 92.8 Å². The molecule has 0 radical (unpaired) electrons. The van der Waals surface area contributed by atoms with E-state index in [9.17, 15) is 19.2 Å². The molecule has 0 bridgehead atoms. The Morgan fingerprint density at radius 1 is 1.00 bits per heavy atom. The number of halogens is 6. The molecule has 0 aromatic heterocycles. The maximum atomic E-state index is 13.2. The molecule has 13 heteroatoms. The number of rotatable bonds is 8. The lowest BCUT2D eigenvalue weighted by atomic mass is 10.1. The molecule has 0 saturated carbocycles. The second-order valence-corrected chi connectivity index (χ2v) is 10.3. The Labute approximate surface area is 234 Å². The van der Waals surface area contributed by atoms with Crippen LogP contribution in [0.25, 0.3) is 0 Å². The maximum absolute atomic E-state index is 13.2. The summed E-state index contributed by atoms with van der Waals surface area (Å²) in [6, 6.07) is 3.50. The van der Waals surface area contributed by atoms with E-state index in [2.05, 4.69) is 21.2 Å². The molecule has 0 saturated heterocycles. The number of carbonyl (C=O) groups excluding carboxylic acids is 4. The largest absolute Gasteiger partial charge is 0.454 e. The first kappa shape index (κ1) is 28.0. The van der Waals surface area contributed by atoms with Crippen LogP contribution in [0, 0.1) is 0 Å². The van der Waals surface area contributed by atoms with Crippen LogP contribution in [0.1, 0.15) is 46.9 Å². The number of benzene rings is 2. The summed E-state index contributed by atoms with van der Waals surface area (Å²) in [6.45, 7) is 1.20. The molecule has 0 fully saturated rings. The Morgan fingerprint density at radius 3 is 2.09 bits per heavy atom. The van der Waals surface area contributed by atoms with Gasteiger partial charge in [0.15, 0.2) is 6.61 Å². The van der Waals surface area contributed by atoms with Crippen molar-refractivity contribution in [2.24, 2.45) is 0 Å². The molecule has 1 aliphatic heterocycles. The minimum absolute atomic E-state index is 0.0949. The molecule has 2 aromatic rings. The highest BCUT2D eigenvalue weighted by atomic mass is 79.9. The van der Waals surface area contributed by atoms with Gasteiger partial charge in [-0.25, -0.2) is 4.79 Å². The third kappa shape index (κ3) is 5.73. The predicted octanol–water partition coefficient (Wildman–Crippen LogP) is 7.05. The van der Waals surface area contributed by atoms with Crippen molar-refractivity contribution in [1.29, 1.82) is 0 Å². The van der Waals surface area contributed by atoms with Crippen molar-refractivity contribution < 1.29 is 23.9 Å². The standard InChI is InChI=1S/C22H16BrCl5N2O5/c1-2-3-4-12(22(34)35-8-13(31)29-11-6-5-9(23)7-10(11)24)30-20(32)14-15(21(30)33)17(26)19(28)18(27)16(14)25/h5-7,12H,2-4,8H2,1H3,(H,29,31)/t12-/m1/s1. The molecule has 0 unspecified atom stereocenters. The third-order valence-electron chi connectivity index (χ3n) is 5.10. The lowest BCUT2D eigenvalue weighted by Crippen LogP contribution is -2.46. The summed E-state index contributed by atoms with van der Waals surface area (Å²) >= 11 is 33.8. The number of hydrogen-bond acceptors (Lipinski definition) is 5. The lowest BCUT2D eigenvalue weighted by molar-refractivity contribution is -0.151. The van der Waals surface area contributed by atoms with Crippen LogP contribution in [0.4, 0.5) is 5.69 Å². The van der Waals surface area contributed by atoms with E-state index in [1.54, 1.807) is 18.2 Å². The van der Waals surface area contributed by atoms with Crippen molar-refractivity contribution >= 4 is 103 Å². The van der Waals surface area contributed by atoms with E-state index in [1.165, 1.54) is 0 Å². The average molecular weight is 646 g/mol. The van der Waals surface area contributed by atoms with E-state index in [0.717, 1.165) is 9.37 Å². The van der Waals surface area contributed by atoms with Gasteiger partial charge in [0, 0.05) is 4.47 Å². The molecule has 3 amide bonds. The van der Waals surface area contributed by atoms with Crippen LogP contribution in [-0.4, -0.2) is 41.2 Å². The fraction of sp³-hybridized carbons (Fsp3) is 0.273. The second-order valence-electron chi connectivity index (χ2n) is 7.42. The number of unbranched alkanes of at least 4 members (excludes halogenated alkanes) is 1. The summed E-state index contributed by atoms with van der Waals surface area (Å²) in [5, 5.41) is 1.94. The van der Waals surface area contributed by atoms with Gasteiger partial charge in [0.1, 0.15) is 6.04 Å². The molecule has 0 spiro atoms. The number of ether oxygens (including phenoxy) is 1. The molecule has 186 valence electrons. The van der Waals surface area contributed by atoms with Crippen LogP contribution in [0.15, 0.2) is 22.7 Å². The zero-order chi connectivity index (χ0) is 26.0. The van der Waals surface area contributed by atoms with Crippen LogP contribution >= 0.6 is 73.9 Å². The van der Waals surface area contributed by atoms with Crippen molar-refractivity contribution in [2.45, 2.75) is 32.2 Å². The smallest absolute Gasteiger partial charge is 0.329 e. The molecule has 1 atom stereocenters. The monoisotopic (exact) mass is 642 g/mol. The third-order valence-corrected chi connectivity index (χ3v) is 7.71. The summed E-state index contributed by atoms with van der Waals surface area (Å²) in [5.41, 5.74) is -0.169. The highest BCUT2D eigenvalue weighted by molar-refractivity contribution is 9.10. The number of amides is 3. The average Bonchev–Trinajstić information content (AvgIpc) is 3.07. The van der Waals surface area contributed by atoms with Gasteiger partial charge in [-0.2, -0.15) is 0 Å². The number of imide groups is 1. The number of anilines is 1. The molecular weight excluding hydrogens is 629 g/mol. The molecule has 35 heavy (non-hydrogen) atoms. The molecule has 7 nitrogen and oxygen atoms in total. The maximum Gasteiger partial charge on any atom is 0.329 e. The molecule has 1 heterocycles. The Balaban J connectivity index is 1.81. The molecule has 0 aliphatic carbocycles. The number of hydrogen-bond donors (Lipinski definition) is 1. The number of nitrogens with zero attached hydrogens (tertiary/aromatic N) is 1. The first-order valence-electron chi connectivity index (χ1n) is 10.1.